The Morgan fingerprint density at radius 3 is 2.78 bits per heavy atom. The number of nitrogens with zero attached hydrogens (tertiary/aromatic N) is 2. The van der Waals surface area contributed by atoms with Gasteiger partial charge in [-0.05, 0) is 30.5 Å². The molecule has 1 N–H and O–H groups in total. The first kappa shape index (κ1) is 13.0. The van der Waals surface area contributed by atoms with E-state index >= 15 is 0 Å². The highest BCUT2D eigenvalue weighted by molar-refractivity contribution is 6.30. The summed E-state index contributed by atoms with van der Waals surface area (Å²) in [6.07, 6.45) is 5.92. The largest absolute Gasteiger partial charge is 0.355 e. The highest BCUT2D eigenvalue weighted by atomic mass is 35.5. The van der Waals surface area contributed by atoms with Gasteiger partial charge in [0.25, 0.3) is 0 Å². The van der Waals surface area contributed by atoms with Crippen LogP contribution in [0.2, 0.25) is 5.02 Å². The molecule has 0 aliphatic carbocycles. The minimum absolute atomic E-state index is 0.783. The zero-order chi connectivity index (χ0) is 12.8. The van der Waals surface area contributed by atoms with Gasteiger partial charge in [-0.1, -0.05) is 30.7 Å². The monoisotopic (exact) mass is 263 g/mol. The van der Waals surface area contributed by atoms with Gasteiger partial charge in [-0.3, -0.25) is 0 Å². The number of benzene rings is 1. The Balaban J connectivity index is 1.84. The van der Waals surface area contributed by atoms with E-state index in [1.54, 1.807) is 0 Å². The summed E-state index contributed by atoms with van der Waals surface area (Å²) in [5.74, 6) is 0.950. The molecule has 2 aromatic rings. The fourth-order valence-electron chi connectivity index (χ4n) is 1.87. The number of rotatable bonds is 6. The van der Waals surface area contributed by atoms with Crippen molar-refractivity contribution in [3.05, 3.63) is 47.2 Å². The normalized spacial score (nSPS) is 10.6. The van der Waals surface area contributed by atoms with E-state index < -0.39 is 0 Å². The molecule has 96 valence electrons. The Labute approximate surface area is 113 Å². The summed E-state index contributed by atoms with van der Waals surface area (Å²) in [7, 11) is 0. The van der Waals surface area contributed by atoms with Crippen LogP contribution in [0.1, 0.15) is 18.9 Å². The standard InChI is InChI=1S/C14H18ClN3/c1-2-10-18-11-9-17-14(18)16-8-7-12-3-5-13(15)6-4-12/h3-6,9,11H,2,7-8,10H2,1H3,(H,16,17). The third kappa shape index (κ3) is 3.50. The van der Waals surface area contributed by atoms with Gasteiger partial charge >= 0.3 is 0 Å². The van der Waals surface area contributed by atoms with Gasteiger partial charge in [0.2, 0.25) is 5.95 Å². The van der Waals surface area contributed by atoms with Crippen molar-refractivity contribution < 1.29 is 0 Å². The summed E-state index contributed by atoms with van der Waals surface area (Å²) in [6.45, 7) is 4.04. The molecule has 0 spiro atoms. The first-order valence-corrected chi connectivity index (χ1v) is 6.67. The predicted octanol–water partition coefficient (Wildman–Crippen LogP) is 3.60. The molecular weight excluding hydrogens is 246 g/mol. The summed E-state index contributed by atoms with van der Waals surface area (Å²) in [6, 6.07) is 7.97. The van der Waals surface area contributed by atoms with E-state index in [4.69, 9.17) is 11.6 Å². The van der Waals surface area contributed by atoms with Crippen LogP contribution in [-0.4, -0.2) is 16.1 Å². The molecule has 0 amide bonds. The summed E-state index contributed by atoms with van der Waals surface area (Å²) < 4.78 is 2.14. The molecule has 0 aliphatic rings. The van der Waals surface area contributed by atoms with E-state index in [9.17, 15) is 0 Å². The van der Waals surface area contributed by atoms with Crippen LogP contribution >= 0.6 is 11.6 Å². The number of anilines is 1. The maximum atomic E-state index is 5.85. The average Bonchev–Trinajstić information content (AvgIpc) is 2.80. The molecule has 4 heteroatoms. The number of nitrogens with one attached hydrogen (secondary N) is 1. The van der Waals surface area contributed by atoms with Gasteiger partial charge in [0, 0.05) is 30.5 Å². The SMILES string of the molecule is CCCn1ccnc1NCCc1ccc(Cl)cc1. The van der Waals surface area contributed by atoms with E-state index in [2.05, 4.69) is 33.9 Å². The van der Waals surface area contributed by atoms with Crippen LogP contribution < -0.4 is 5.32 Å². The van der Waals surface area contributed by atoms with Crippen molar-refractivity contribution in [3.8, 4) is 0 Å². The molecule has 0 radical (unpaired) electrons. The van der Waals surface area contributed by atoms with E-state index in [0.717, 1.165) is 36.9 Å². The lowest BCUT2D eigenvalue weighted by Crippen LogP contribution is -2.10. The summed E-state index contributed by atoms with van der Waals surface area (Å²) >= 11 is 5.85. The molecule has 2 rings (SSSR count). The van der Waals surface area contributed by atoms with E-state index in [1.165, 1.54) is 5.56 Å². The van der Waals surface area contributed by atoms with Crippen LogP contribution in [0.25, 0.3) is 0 Å². The lowest BCUT2D eigenvalue weighted by molar-refractivity contribution is 0.682. The van der Waals surface area contributed by atoms with Crippen LogP contribution in [0.3, 0.4) is 0 Å². The van der Waals surface area contributed by atoms with Crippen LogP contribution in [0.5, 0.6) is 0 Å². The van der Waals surface area contributed by atoms with Crippen molar-refractivity contribution in [2.45, 2.75) is 26.3 Å². The first-order chi connectivity index (χ1) is 8.79. The van der Waals surface area contributed by atoms with Gasteiger partial charge in [0.15, 0.2) is 0 Å². The summed E-state index contributed by atoms with van der Waals surface area (Å²) in [5.41, 5.74) is 1.28. The number of hydrogen-bond donors (Lipinski definition) is 1. The molecule has 0 saturated carbocycles. The number of halogens is 1. The van der Waals surface area contributed by atoms with Crippen LogP contribution in [0.15, 0.2) is 36.7 Å². The molecule has 1 aromatic heterocycles. The minimum Gasteiger partial charge on any atom is -0.355 e. The molecule has 1 heterocycles. The second-order valence-electron chi connectivity index (χ2n) is 4.25. The van der Waals surface area contributed by atoms with E-state index in [0.29, 0.717) is 0 Å². The molecule has 3 nitrogen and oxygen atoms in total. The van der Waals surface area contributed by atoms with Gasteiger partial charge < -0.3 is 9.88 Å². The fourth-order valence-corrected chi connectivity index (χ4v) is 1.99. The third-order valence-corrected chi connectivity index (χ3v) is 3.04. The molecule has 18 heavy (non-hydrogen) atoms. The molecule has 0 unspecified atom stereocenters. The van der Waals surface area contributed by atoms with Crippen molar-refractivity contribution >= 4 is 17.5 Å². The topological polar surface area (TPSA) is 29.9 Å². The third-order valence-electron chi connectivity index (χ3n) is 2.79. The van der Waals surface area contributed by atoms with E-state index in [1.807, 2.05) is 24.5 Å². The fraction of sp³-hybridized carbons (Fsp3) is 0.357. The molecule has 0 aliphatic heterocycles. The van der Waals surface area contributed by atoms with E-state index in [-0.39, 0.29) is 0 Å². The second-order valence-corrected chi connectivity index (χ2v) is 4.68. The smallest absolute Gasteiger partial charge is 0.202 e. The average molecular weight is 264 g/mol. The van der Waals surface area contributed by atoms with Crippen molar-refractivity contribution in [3.63, 3.8) is 0 Å². The van der Waals surface area contributed by atoms with Crippen molar-refractivity contribution in [1.29, 1.82) is 0 Å². The quantitative estimate of drug-likeness (QED) is 0.863. The molecule has 0 atom stereocenters. The minimum atomic E-state index is 0.783. The Bertz CT molecular complexity index is 476. The van der Waals surface area contributed by atoms with Crippen LogP contribution in [0, 0.1) is 0 Å². The van der Waals surface area contributed by atoms with Gasteiger partial charge in [0.1, 0.15) is 0 Å². The highest BCUT2D eigenvalue weighted by Gasteiger charge is 2.00. The van der Waals surface area contributed by atoms with Crippen LogP contribution in [-0.2, 0) is 13.0 Å². The predicted molar refractivity (Wildman–Crippen MR) is 76.2 cm³/mol. The second kappa shape index (κ2) is 6.45. The van der Waals surface area contributed by atoms with Gasteiger partial charge in [-0.2, -0.15) is 0 Å². The Morgan fingerprint density at radius 2 is 2.06 bits per heavy atom. The number of hydrogen-bond acceptors (Lipinski definition) is 2. The molecule has 0 fully saturated rings. The Hall–Kier alpha value is -1.48. The zero-order valence-corrected chi connectivity index (χ0v) is 11.3. The number of aromatic nitrogens is 2. The van der Waals surface area contributed by atoms with Crippen LogP contribution in [0.4, 0.5) is 5.95 Å². The lowest BCUT2D eigenvalue weighted by Gasteiger charge is -2.08. The Kier molecular flexibility index (Phi) is 4.65. The van der Waals surface area contributed by atoms with Gasteiger partial charge in [0.05, 0.1) is 0 Å². The first-order valence-electron chi connectivity index (χ1n) is 6.29. The van der Waals surface area contributed by atoms with Gasteiger partial charge in [-0.15, -0.1) is 0 Å². The molecule has 0 bridgehead atoms. The number of imidazole rings is 1. The summed E-state index contributed by atoms with van der Waals surface area (Å²) in [4.78, 5) is 4.31. The maximum Gasteiger partial charge on any atom is 0.202 e. The molecular formula is C14H18ClN3. The zero-order valence-electron chi connectivity index (χ0n) is 10.6. The maximum absolute atomic E-state index is 5.85. The number of aryl methyl sites for hydroxylation is 1. The molecule has 0 saturated heterocycles. The lowest BCUT2D eigenvalue weighted by atomic mass is 10.1. The molecule has 1 aromatic carbocycles. The Morgan fingerprint density at radius 1 is 1.28 bits per heavy atom. The van der Waals surface area contributed by atoms with Gasteiger partial charge in [-0.25, -0.2) is 4.98 Å². The van der Waals surface area contributed by atoms with Crippen molar-refractivity contribution in [2.75, 3.05) is 11.9 Å². The van der Waals surface area contributed by atoms with Crippen molar-refractivity contribution in [1.82, 2.24) is 9.55 Å². The highest BCUT2D eigenvalue weighted by Crippen LogP contribution is 2.10. The summed E-state index contributed by atoms with van der Waals surface area (Å²) in [5, 5.41) is 4.14. The van der Waals surface area contributed by atoms with Crippen molar-refractivity contribution in [2.24, 2.45) is 0 Å².